The molecule has 5 nitrogen and oxygen atoms in total. The van der Waals surface area contributed by atoms with E-state index in [1.807, 2.05) is 55.5 Å². The number of nitrogens with one attached hydrogen (secondary N) is 1. The number of ether oxygens (including phenoxy) is 2. The fourth-order valence-electron chi connectivity index (χ4n) is 2.60. The molecular formula is C20H20N2O3S. The molecular weight excluding hydrogens is 348 g/mol. The third-order valence-electron chi connectivity index (χ3n) is 3.91. The molecule has 0 aliphatic heterocycles. The highest BCUT2D eigenvalue weighted by atomic mass is 32.1. The van der Waals surface area contributed by atoms with Crippen molar-refractivity contribution in [3.63, 3.8) is 0 Å². The van der Waals surface area contributed by atoms with Gasteiger partial charge in [0, 0.05) is 10.4 Å². The first-order valence-electron chi connectivity index (χ1n) is 8.13. The molecule has 1 heterocycles. The number of methoxy groups -OCH3 is 2. The number of aryl methyl sites for hydroxylation is 1. The van der Waals surface area contributed by atoms with Crippen LogP contribution in [0, 0.1) is 6.92 Å². The number of anilines is 1. The Morgan fingerprint density at radius 3 is 2.50 bits per heavy atom. The maximum Gasteiger partial charge on any atom is 0.230 e. The third kappa shape index (κ3) is 4.21. The topological polar surface area (TPSA) is 60.5 Å². The average Bonchev–Trinajstić information content (AvgIpc) is 3.01. The van der Waals surface area contributed by atoms with Crippen LogP contribution >= 0.6 is 11.3 Å². The predicted octanol–water partition coefficient (Wildman–Crippen LogP) is 4.32. The number of hydrogen-bond acceptors (Lipinski definition) is 5. The minimum absolute atomic E-state index is 0.103. The molecule has 0 fully saturated rings. The van der Waals surface area contributed by atoms with Gasteiger partial charge in [-0.2, -0.15) is 0 Å². The molecule has 0 saturated carbocycles. The summed E-state index contributed by atoms with van der Waals surface area (Å²) in [6.45, 7) is 1.99. The first-order valence-corrected chi connectivity index (χ1v) is 8.95. The molecule has 26 heavy (non-hydrogen) atoms. The molecule has 6 heteroatoms. The Hall–Kier alpha value is -2.86. The van der Waals surface area contributed by atoms with Gasteiger partial charge in [0.2, 0.25) is 5.91 Å². The number of thiazole rings is 1. The zero-order chi connectivity index (χ0) is 18.5. The lowest BCUT2D eigenvalue weighted by Crippen LogP contribution is -2.14. The lowest BCUT2D eigenvalue weighted by molar-refractivity contribution is -0.115. The van der Waals surface area contributed by atoms with Crippen LogP contribution < -0.4 is 14.8 Å². The van der Waals surface area contributed by atoms with Crippen LogP contribution in [-0.2, 0) is 11.2 Å². The largest absolute Gasteiger partial charge is 0.497 e. The van der Waals surface area contributed by atoms with Gasteiger partial charge < -0.3 is 14.8 Å². The van der Waals surface area contributed by atoms with E-state index in [9.17, 15) is 4.79 Å². The number of hydrogen-bond donors (Lipinski definition) is 1. The number of rotatable bonds is 6. The van der Waals surface area contributed by atoms with E-state index in [-0.39, 0.29) is 12.3 Å². The summed E-state index contributed by atoms with van der Waals surface area (Å²) in [4.78, 5) is 17.9. The number of carbonyl (C=O) groups is 1. The average molecular weight is 368 g/mol. The molecule has 3 rings (SSSR count). The fraction of sp³-hybridized carbons (Fsp3) is 0.200. The first kappa shape index (κ1) is 17.9. The Balaban J connectivity index is 1.71. The van der Waals surface area contributed by atoms with Gasteiger partial charge in [-0.25, -0.2) is 4.98 Å². The summed E-state index contributed by atoms with van der Waals surface area (Å²) in [7, 11) is 3.25. The van der Waals surface area contributed by atoms with Crippen molar-refractivity contribution in [1.82, 2.24) is 4.98 Å². The maximum atomic E-state index is 12.3. The second-order valence-corrected chi connectivity index (χ2v) is 6.93. The van der Waals surface area contributed by atoms with Crippen LogP contribution in [0.15, 0.2) is 48.5 Å². The zero-order valence-electron chi connectivity index (χ0n) is 14.9. The van der Waals surface area contributed by atoms with Crippen LogP contribution in [0.5, 0.6) is 11.5 Å². The van der Waals surface area contributed by atoms with Gasteiger partial charge in [0.1, 0.15) is 11.5 Å². The normalized spacial score (nSPS) is 10.4. The van der Waals surface area contributed by atoms with E-state index in [4.69, 9.17) is 9.47 Å². The lowest BCUT2D eigenvalue weighted by Gasteiger charge is -2.04. The Morgan fingerprint density at radius 2 is 1.81 bits per heavy atom. The van der Waals surface area contributed by atoms with E-state index in [1.54, 1.807) is 14.2 Å². The molecule has 1 N–H and O–H groups in total. The molecule has 2 aromatic carbocycles. The highest BCUT2D eigenvalue weighted by Crippen LogP contribution is 2.31. The number of aromatic nitrogens is 1. The standard InChI is InChI=1S/C20H20N2O3S/c1-13-19(15-7-9-16(24-2)10-8-15)22-20(26-13)21-18(23)12-14-5-4-6-17(11-14)25-3/h4-11H,12H2,1-3H3,(H,21,22,23). The Kier molecular flexibility index (Phi) is 5.53. The van der Waals surface area contributed by atoms with E-state index in [1.165, 1.54) is 11.3 Å². The van der Waals surface area contributed by atoms with Crippen LogP contribution in [-0.4, -0.2) is 25.1 Å². The van der Waals surface area contributed by atoms with Crippen molar-refractivity contribution in [1.29, 1.82) is 0 Å². The van der Waals surface area contributed by atoms with Gasteiger partial charge in [0.25, 0.3) is 0 Å². The van der Waals surface area contributed by atoms with Gasteiger partial charge in [-0.15, -0.1) is 11.3 Å². The van der Waals surface area contributed by atoms with Crippen molar-refractivity contribution in [3.05, 3.63) is 59.0 Å². The molecule has 0 saturated heterocycles. The zero-order valence-corrected chi connectivity index (χ0v) is 15.7. The molecule has 0 atom stereocenters. The fourth-order valence-corrected chi connectivity index (χ4v) is 3.45. The molecule has 134 valence electrons. The highest BCUT2D eigenvalue weighted by molar-refractivity contribution is 7.16. The summed E-state index contributed by atoms with van der Waals surface area (Å²) in [6, 6.07) is 15.2. The van der Waals surface area contributed by atoms with Crippen molar-refractivity contribution in [2.45, 2.75) is 13.3 Å². The summed E-state index contributed by atoms with van der Waals surface area (Å²) >= 11 is 1.47. The minimum Gasteiger partial charge on any atom is -0.497 e. The number of benzene rings is 2. The van der Waals surface area contributed by atoms with Crippen molar-refractivity contribution in [2.24, 2.45) is 0 Å². The van der Waals surface area contributed by atoms with Gasteiger partial charge in [0.15, 0.2) is 5.13 Å². The van der Waals surface area contributed by atoms with Gasteiger partial charge in [0.05, 0.1) is 26.3 Å². The Labute approximate surface area is 156 Å². The smallest absolute Gasteiger partial charge is 0.230 e. The van der Waals surface area contributed by atoms with Crippen LogP contribution in [0.2, 0.25) is 0 Å². The van der Waals surface area contributed by atoms with E-state index in [2.05, 4.69) is 10.3 Å². The molecule has 1 aromatic heterocycles. The van der Waals surface area contributed by atoms with Crippen molar-refractivity contribution < 1.29 is 14.3 Å². The van der Waals surface area contributed by atoms with E-state index >= 15 is 0 Å². The minimum atomic E-state index is -0.103. The third-order valence-corrected chi connectivity index (χ3v) is 4.79. The lowest BCUT2D eigenvalue weighted by atomic mass is 10.1. The second-order valence-electron chi connectivity index (χ2n) is 5.73. The number of carbonyl (C=O) groups excluding carboxylic acids is 1. The highest BCUT2D eigenvalue weighted by Gasteiger charge is 2.13. The van der Waals surface area contributed by atoms with Gasteiger partial charge >= 0.3 is 0 Å². The van der Waals surface area contributed by atoms with Crippen molar-refractivity contribution >= 4 is 22.4 Å². The molecule has 3 aromatic rings. The van der Waals surface area contributed by atoms with E-state index < -0.39 is 0 Å². The van der Waals surface area contributed by atoms with Crippen molar-refractivity contribution in [3.8, 4) is 22.8 Å². The van der Waals surface area contributed by atoms with Crippen LogP contribution in [0.4, 0.5) is 5.13 Å². The molecule has 0 radical (unpaired) electrons. The molecule has 0 aliphatic rings. The summed E-state index contributed by atoms with van der Waals surface area (Å²) in [5, 5.41) is 3.48. The molecule has 0 unspecified atom stereocenters. The summed E-state index contributed by atoms with van der Waals surface area (Å²) in [5.74, 6) is 1.43. The van der Waals surface area contributed by atoms with Gasteiger partial charge in [-0.1, -0.05) is 12.1 Å². The maximum absolute atomic E-state index is 12.3. The van der Waals surface area contributed by atoms with Crippen LogP contribution in [0.3, 0.4) is 0 Å². The molecule has 0 spiro atoms. The predicted molar refractivity (Wildman–Crippen MR) is 104 cm³/mol. The van der Waals surface area contributed by atoms with Gasteiger partial charge in [-0.3, -0.25) is 4.79 Å². The summed E-state index contributed by atoms with van der Waals surface area (Å²) < 4.78 is 10.4. The van der Waals surface area contributed by atoms with Crippen molar-refractivity contribution in [2.75, 3.05) is 19.5 Å². The molecule has 1 amide bonds. The van der Waals surface area contributed by atoms with E-state index in [0.717, 1.165) is 33.2 Å². The number of nitrogens with zero attached hydrogens (tertiary/aromatic N) is 1. The monoisotopic (exact) mass is 368 g/mol. The van der Waals surface area contributed by atoms with Crippen LogP contribution in [0.25, 0.3) is 11.3 Å². The Bertz CT molecular complexity index is 904. The summed E-state index contributed by atoms with van der Waals surface area (Å²) in [5.41, 5.74) is 2.76. The Morgan fingerprint density at radius 1 is 1.08 bits per heavy atom. The van der Waals surface area contributed by atoms with E-state index in [0.29, 0.717) is 5.13 Å². The SMILES string of the molecule is COc1ccc(-c2nc(NC(=O)Cc3cccc(OC)c3)sc2C)cc1. The molecule has 0 bridgehead atoms. The first-order chi connectivity index (χ1) is 12.6. The number of amides is 1. The second kappa shape index (κ2) is 8.01. The van der Waals surface area contributed by atoms with Gasteiger partial charge in [-0.05, 0) is 48.9 Å². The van der Waals surface area contributed by atoms with Crippen LogP contribution in [0.1, 0.15) is 10.4 Å². The quantitative estimate of drug-likeness (QED) is 0.704. The molecule has 0 aliphatic carbocycles. The summed E-state index contributed by atoms with van der Waals surface area (Å²) in [6.07, 6.45) is 0.272.